The highest BCUT2D eigenvalue weighted by Gasteiger charge is 2.40. The summed E-state index contributed by atoms with van der Waals surface area (Å²) in [5, 5.41) is 5.71. The number of imidazole rings is 1. The van der Waals surface area contributed by atoms with Crippen LogP contribution >= 0.6 is 11.3 Å². The van der Waals surface area contributed by atoms with Gasteiger partial charge in [-0.15, -0.1) is 5.10 Å². The Morgan fingerprint density at radius 3 is 2.64 bits per heavy atom. The molecule has 7 heteroatoms. The Bertz CT molecular complexity index is 740. The number of aromatic nitrogens is 3. The van der Waals surface area contributed by atoms with E-state index >= 15 is 0 Å². The minimum absolute atomic E-state index is 0.0222. The average Bonchev–Trinajstić information content (AvgIpc) is 3.12. The normalized spacial score (nSPS) is 19.4. The van der Waals surface area contributed by atoms with Crippen molar-refractivity contribution in [3.05, 3.63) is 11.9 Å². The zero-order valence-electron chi connectivity index (χ0n) is 16.0. The van der Waals surface area contributed by atoms with Crippen LogP contribution in [0.25, 0.3) is 4.96 Å². The Balaban J connectivity index is 1.81. The van der Waals surface area contributed by atoms with Crippen LogP contribution in [0.15, 0.2) is 6.20 Å². The van der Waals surface area contributed by atoms with E-state index in [1.807, 2.05) is 24.6 Å². The minimum atomic E-state index is -0.482. The van der Waals surface area contributed by atoms with Gasteiger partial charge in [0.1, 0.15) is 0 Å². The molecule has 0 radical (unpaired) electrons. The van der Waals surface area contributed by atoms with E-state index in [9.17, 15) is 4.79 Å². The highest BCUT2D eigenvalue weighted by molar-refractivity contribution is 7.20. The number of anilines is 1. The third-order valence-corrected chi connectivity index (χ3v) is 6.21. The lowest BCUT2D eigenvalue weighted by Gasteiger charge is -2.39. The Labute approximate surface area is 153 Å². The molecule has 0 bridgehead atoms. The van der Waals surface area contributed by atoms with Crippen LogP contribution in [-0.4, -0.2) is 40.8 Å². The highest BCUT2D eigenvalue weighted by Crippen LogP contribution is 2.37. The van der Waals surface area contributed by atoms with Gasteiger partial charge in [-0.05, 0) is 32.6 Å². The van der Waals surface area contributed by atoms with Gasteiger partial charge in [0.2, 0.25) is 10.1 Å². The molecule has 0 spiro atoms. The molecule has 1 fully saturated rings. The van der Waals surface area contributed by atoms with E-state index in [2.05, 4.69) is 25.7 Å². The molecule has 0 amide bonds. The summed E-state index contributed by atoms with van der Waals surface area (Å²) in [6.45, 7) is 12.2. The molecule has 1 unspecified atom stereocenters. The van der Waals surface area contributed by atoms with Gasteiger partial charge < -0.3 is 9.64 Å². The second kappa shape index (κ2) is 6.27. The summed E-state index contributed by atoms with van der Waals surface area (Å²) in [5.74, 6) is 0.123. The maximum atomic E-state index is 12.1. The summed E-state index contributed by atoms with van der Waals surface area (Å²) in [7, 11) is 1.47. The van der Waals surface area contributed by atoms with Crippen LogP contribution < -0.4 is 4.90 Å². The third kappa shape index (κ3) is 3.38. The first kappa shape index (κ1) is 18.2. The Morgan fingerprint density at radius 1 is 1.32 bits per heavy atom. The minimum Gasteiger partial charge on any atom is -0.469 e. The fourth-order valence-corrected chi connectivity index (χ4v) is 4.27. The van der Waals surface area contributed by atoms with Crippen molar-refractivity contribution in [1.82, 2.24) is 14.6 Å². The van der Waals surface area contributed by atoms with E-state index in [4.69, 9.17) is 14.8 Å². The quantitative estimate of drug-likeness (QED) is 0.780. The number of rotatable bonds is 3. The second-order valence-electron chi connectivity index (χ2n) is 8.49. The highest BCUT2D eigenvalue weighted by atomic mass is 32.1. The van der Waals surface area contributed by atoms with E-state index in [1.54, 1.807) is 11.3 Å². The van der Waals surface area contributed by atoms with Crippen LogP contribution in [0.3, 0.4) is 0 Å². The SMILES string of the molecule is COC(=O)C(C)(C)C1CCCN(c2nn3cc(C(C)(C)C)nc3s2)C1. The average molecular weight is 365 g/mol. The molecule has 0 aromatic carbocycles. The zero-order valence-corrected chi connectivity index (χ0v) is 16.8. The first-order valence-electron chi connectivity index (χ1n) is 8.83. The molecule has 3 rings (SSSR count). The molecule has 6 nitrogen and oxygen atoms in total. The first-order valence-corrected chi connectivity index (χ1v) is 9.64. The summed E-state index contributed by atoms with van der Waals surface area (Å²) in [6.07, 6.45) is 4.12. The topological polar surface area (TPSA) is 59.7 Å². The van der Waals surface area contributed by atoms with Gasteiger partial charge in [-0.25, -0.2) is 9.50 Å². The number of methoxy groups -OCH3 is 1. The molecular formula is C18H28N4O2S. The maximum Gasteiger partial charge on any atom is 0.311 e. The predicted molar refractivity (Wildman–Crippen MR) is 100 cm³/mol. The van der Waals surface area contributed by atoms with Crippen molar-refractivity contribution >= 4 is 27.4 Å². The fraction of sp³-hybridized carbons (Fsp3) is 0.722. The van der Waals surface area contributed by atoms with Crippen LogP contribution in [0, 0.1) is 11.3 Å². The molecule has 25 heavy (non-hydrogen) atoms. The van der Waals surface area contributed by atoms with Crippen molar-refractivity contribution < 1.29 is 9.53 Å². The number of carbonyl (C=O) groups excluding carboxylic acids is 1. The number of piperidine rings is 1. The smallest absolute Gasteiger partial charge is 0.311 e. The standard InChI is InChI=1S/C18H28N4O2S/c1-17(2,3)13-11-22-15(19-13)25-16(20-22)21-9-7-8-12(10-21)18(4,5)14(23)24-6/h11-12H,7-10H2,1-6H3. The van der Waals surface area contributed by atoms with Crippen molar-refractivity contribution in [3.63, 3.8) is 0 Å². The molecule has 2 aromatic heterocycles. The van der Waals surface area contributed by atoms with Gasteiger partial charge in [-0.1, -0.05) is 32.1 Å². The van der Waals surface area contributed by atoms with Gasteiger partial charge >= 0.3 is 5.97 Å². The van der Waals surface area contributed by atoms with Gasteiger partial charge in [0.25, 0.3) is 0 Å². The van der Waals surface area contributed by atoms with Crippen molar-refractivity contribution in [2.45, 2.75) is 52.9 Å². The summed E-state index contributed by atoms with van der Waals surface area (Å²) in [5.41, 5.74) is 0.597. The monoisotopic (exact) mass is 364 g/mol. The van der Waals surface area contributed by atoms with Crippen LogP contribution in [0.5, 0.6) is 0 Å². The Kier molecular flexibility index (Phi) is 4.56. The lowest BCUT2D eigenvalue weighted by Crippen LogP contribution is -2.45. The first-order chi connectivity index (χ1) is 11.6. The molecule has 0 saturated carbocycles. The molecule has 138 valence electrons. The predicted octanol–water partition coefficient (Wildman–Crippen LogP) is 3.50. The number of hydrogen-bond acceptors (Lipinski definition) is 6. The van der Waals surface area contributed by atoms with E-state index in [0.717, 1.165) is 41.7 Å². The van der Waals surface area contributed by atoms with Crippen LogP contribution in [0.4, 0.5) is 5.13 Å². The lowest BCUT2D eigenvalue weighted by atomic mass is 9.74. The zero-order chi connectivity index (χ0) is 18.4. The van der Waals surface area contributed by atoms with Crippen molar-refractivity contribution in [1.29, 1.82) is 0 Å². The van der Waals surface area contributed by atoms with Gasteiger partial charge in [-0.2, -0.15) is 0 Å². The number of hydrogen-bond donors (Lipinski definition) is 0. The molecule has 1 aliphatic heterocycles. The van der Waals surface area contributed by atoms with Gasteiger partial charge in [0, 0.05) is 18.5 Å². The number of ether oxygens (including phenoxy) is 1. The fourth-order valence-electron chi connectivity index (χ4n) is 3.35. The van der Waals surface area contributed by atoms with Gasteiger partial charge in [0.05, 0.1) is 24.4 Å². The van der Waals surface area contributed by atoms with E-state index < -0.39 is 5.41 Å². The molecule has 1 aliphatic rings. The summed E-state index contributed by atoms with van der Waals surface area (Å²) < 4.78 is 6.89. The molecule has 1 atom stereocenters. The van der Waals surface area contributed by atoms with Crippen molar-refractivity contribution in [2.24, 2.45) is 11.3 Å². The summed E-state index contributed by atoms with van der Waals surface area (Å²) >= 11 is 1.62. The number of esters is 1. The lowest BCUT2D eigenvalue weighted by molar-refractivity contribution is -0.154. The van der Waals surface area contributed by atoms with E-state index in [-0.39, 0.29) is 17.3 Å². The van der Waals surface area contributed by atoms with Crippen molar-refractivity contribution in [2.75, 3.05) is 25.1 Å². The molecule has 0 aliphatic carbocycles. The summed E-state index contributed by atoms with van der Waals surface area (Å²) in [6, 6.07) is 0. The van der Waals surface area contributed by atoms with Crippen LogP contribution in [0.1, 0.15) is 53.2 Å². The Hall–Kier alpha value is -1.63. The second-order valence-corrected chi connectivity index (χ2v) is 9.42. The largest absolute Gasteiger partial charge is 0.469 e. The van der Waals surface area contributed by atoms with E-state index in [1.165, 1.54) is 7.11 Å². The number of fused-ring (bicyclic) bond motifs is 1. The van der Waals surface area contributed by atoms with Crippen LogP contribution in [-0.2, 0) is 14.9 Å². The number of nitrogens with zero attached hydrogens (tertiary/aromatic N) is 4. The van der Waals surface area contributed by atoms with Crippen molar-refractivity contribution in [3.8, 4) is 0 Å². The van der Waals surface area contributed by atoms with Gasteiger partial charge in [0.15, 0.2) is 0 Å². The summed E-state index contributed by atoms with van der Waals surface area (Å²) in [4.78, 5) is 20.1. The van der Waals surface area contributed by atoms with Gasteiger partial charge in [-0.3, -0.25) is 4.79 Å². The maximum absolute atomic E-state index is 12.1. The number of carbonyl (C=O) groups is 1. The molecule has 0 N–H and O–H groups in total. The molecule has 2 aromatic rings. The van der Waals surface area contributed by atoms with Crippen LogP contribution in [0.2, 0.25) is 0 Å². The Morgan fingerprint density at radius 2 is 2.04 bits per heavy atom. The van der Waals surface area contributed by atoms with E-state index in [0.29, 0.717) is 0 Å². The third-order valence-electron chi connectivity index (χ3n) is 5.22. The molecule has 1 saturated heterocycles. The molecule has 3 heterocycles. The molecular weight excluding hydrogens is 336 g/mol.